The van der Waals surface area contributed by atoms with Crippen molar-refractivity contribution in [1.29, 1.82) is 0 Å². The van der Waals surface area contributed by atoms with Gasteiger partial charge in [-0.3, -0.25) is 9.69 Å². The number of ketones is 1. The Morgan fingerprint density at radius 1 is 1.43 bits per heavy atom. The Bertz CT molecular complexity index is 186. The highest BCUT2D eigenvalue weighted by molar-refractivity contribution is 5.81. The predicted molar refractivity (Wildman–Crippen MR) is 53.3 cm³/mol. The van der Waals surface area contributed by atoms with Gasteiger partial charge < -0.3 is 9.47 Å². The number of carbonyl (C=O) groups excluding carboxylic acids is 1. The Labute approximate surface area is 85.2 Å². The van der Waals surface area contributed by atoms with Crippen molar-refractivity contribution in [3.05, 3.63) is 0 Å². The maximum atomic E-state index is 11.3. The average Bonchev–Trinajstić information content (AvgIpc) is 2.01. The summed E-state index contributed by atoms with van der Waals surface area (Å²) in [6, 6.07) is 0. The molecule has 0 radical (unpaired) electrons. The summed E-state index contributed by atoms with van der Waals surface area (Å²) in [7, 11) is 1.54. The number of Topliss-reactive ketones (excluding diaryl/α,β-unsaturated/α-hetero) is 1. The van der Waals surface area contributed by atoms with Crippen molar-refractivity contribution in [2.24, 2.45) is 0 Å². The van der Waals surface area contributed by atoms with Gasteiger partial charge in [0.05, 0.1) is 18.8 Å². The molecule has 14 heavy (non-hydrogen) atoms. The Kier molecular flexibility index (Phi) is 4.51. The van der Waals surface area contributed by atoms with E-state index in [2.05, 4.69) is 4.90 Å². The number of hydrogen-bond donors (Lipinski definition) is 0. The summed E-state index contributed by atoms with van der Waals surface area (Å²) in [6.07, 6.45) is 0.434. The molecule has 1 heterocycles. The summed E-state index contributed by atoms with van der Waals surface area (Å²) in [5.41, 5.74) is 0. The van der Waals surface area contributed by atoms with Gasteiger partial charge in [0.25, 0.3) is 0 Å². The van der Waals surface area contributed by atoms with Crippen LogP contribution in [0.4, 0.5) is 0 Å². The zero-order valence-corrected chi connectivity index (χ0v) is 9.16. The molecular weight excluding hydrogens is 182 g/mol. The van der Waals surface area contributed by atoms with Crippen LogP contribution >= 0.6 is 0 Å². The number of methoxy groups -OCH3 is 1. The molecule has 0 aliphatic carbocycles. The van der Waals surface area contributed by atoms with Crippen LogP contribution in [-0.4, -0.2) is 56.2 Å². The van der Waals surface area contributed by atoms with Gasteiger partial charge in [0.15, 0.2) is 5.78 Å². The van der Waals surface area contributed by atoms with Crippen molar-refractivity contribution in [3.63, 3.8) is 0 Å². The van der Waals surface area contributed by atoms with E-state index in [4.69, 9.17) is 9.47 Å². The van der Waals surface area contributed by atoms with E-state index in [0.29, 0.717) is 6.54 Å². The molecule has 1 aliphatic heterocycles. The van der Waals surface area contributed by atoms with Gasteiger partial charge in [-0.05, 0) is 13.8 Å². The molecule has 0 saturated carbocycles. The minimum Gasteiger partial charge on any atom is -0.377 e. The van der Waals surface area contributed by atoms with E-state index in [1.807, 2.05) is 13.8 Å². The lowest BCUT2D eigenvalue weighted by Crippen LogP contribution is -2.47. The van der Waals surface area contributed by atoms with Crippen LogP contribution in [0.2, 0.25) is 0 Å². The summed E-state index contributed by atoms with van der Waals surface area (Å²) < 4.78 is 10.4. The Morgan fingerprint density at radius 3 is 2.50 bits per heavy atom. The third kappa shape index (κ3) is 3.74. The SMILES string of the molecule is COCC(=O)CN1CC(C)OC(C)C1. The maximum absolute atomic E-state index is 11.3. The van der Waals surface area contributed by atoms with E-state index in [0.717, 1.165) is 13.1 Å². The molecule has 0 aromatic rings. The van der Waals surface area contributed by atoms with Crippen molar-refractivity contribution in [3.8, 4) is 0 Å². The lowest BCUT2D eigenvalue weighted by atomic mass is 10.2. The molecule has 0 amide bonds. The summed E-state index contributed by atoms with van der Waals surface area (Å²) in [5.74, 6) is 0.133. The van der Waals surface area contributed by atoms with Gasteiger partial charge in [-0.2, -0.15) is 0 Å². The molecule has 82 valence electrons. The van der Waals surface area contributed by atoms with Crippen LogP contribution in [0, 0.1) is 0 Å². The van der Waals surface area contributed by atoms with Gasteiger partial charge in [-0.25, -0.2) is 0 Å². The monoisotopic (exact) mass is 201 g/mol. The first-order chi connectivity index (χ1) is 6.61. The first-order valence-electron chi connectivity index (χ1n) is 5.00. The minimum atomic E-state index is 0.133. The van der Waals surface area contributed by atoms with E-state index in [-0.39, 0.29) is 24.6 Å². The molecule has 4 nitrogen and oxygen atoms in total. The molecule has 0 aromatic carbocycles. The van der Waals surface area contributed by atoms with E-state index in [9.17, 15) is 4.79 Å². The second-order valence-corrected chi connectivity index (χ2v) is 3.92. The highest BCUT2D eigenvalue weighted by Crippen LogP contribution is 2.09. The predicted octanol–water partition coefficient (Wildman–Crippen LogP) is 0.311. The van der Waals surface area contributed by atoms with Crippen molar-refractivity contribution < 1.29 is 14.3 Å². The first kappa shape index (κ1) is 11.6. The molecule has 0 bridgehead atoms. The lowest BCUT2D eigenvalue weighted by molar-refractivity contribution is -0.127. The van der Waals surface area contributed by atoms with Crippen LogP contribution in [0.15, 0.2) is 0 Å². The third-order valence-corrected chi connectivity index (χ3v) is 2.20. The number of ether oxygens (including phenoxy) is 2. The zero-order valence-electron chi connectivity index (χ0n) is 9.16. The van der Waals surface area contributed by atoms with Crippen LogP contribution in [0.1, 0.15) is 13.8 Å². The highest BCUT2D eigenvalue weighted by atomic mass is 16.5. The molecule has 1 saturated heterocycles. The van der Waals surface area contributed by atoms with Crippen LogP contribution in [0.5, 0.6) is 0 Å². The number of hydrogen-bond acceptors (Lipinski definition) is 4. The van der Waals surface area contributed by atoms with Crippen LogP contribution in [0.3, 0.4) is 0 Å². The molecule has 2 unspecified atom stereocenters. The van der Waals surface area contributed by atoms with E-state index in [1.165, 1.54) is 0 Å². The van der Waals surface area contributed by atoms with E-state index < -0.39 is 0 Å². The zero-order chi connectivity index (χ0) is 10.6. The van der Waals surface area contributed by atoms with Crippen molar-refractivity contribution in [1.82, 2.24) is 4.90 Å². The standard InChI is InChI=1S/C10H19NO3/c1-8-4-11(5-9(2)14-8)6-10(12)7-13-3/h8-9H,4-7H2,1-3H3. The largest absolute Gasteiger partial charge is 0.377 e. The number of rotatable bonds is 4. The maximum Gasteiger partial charge on any atom is 0.172 e. The summed E-state index contributed by atoms with van der Waals surface area (Å²) >= 11 is 0. The topological polar surface area (TPSA) is 38.8 Å². The number of nitrogens with zero attached hydrogens (tertiary/aromatic N) is 1. The molecule has 2 atom stereocenters. The Morgan fingerprint density at radius 2 is 2.00 bits per heavy atom. The smallest absolute Gasteiger partial charge is 0.172 e. The summed E-state index contributed by atoms with van der Waals surface area (Å²) in [6.45, 7) is 6.42. The molecule has 1 rings (SSSR count). The summed E-state index contributed by atoms with van der Waals surface area (Å²) in [5, 5.41) is 0. The fraction of sp³-hybridized carbons (Fsp3) is 0.900. The minimum absolute atomic E-state index is 0.133. The van der Waals surface area contributed by atoms with Gasteiger partial charge in [0.1, 0.15) is 6.61 Å². The molecule has 0 aromatic heterocycles. The van der Waals surface area contributed by atoms with E-state index >= 15 is 0 Å². The molecule has 0 spiro atoms. The molecule has 1 fully saturated rings. The fourth-order valence-corrected chi connectivity index (χ4v) is 1.87. The molecule has 0 N–H and O–H groups in total. The first-order valence-corrected chi connectivity index (χ1v) is 5.00. The van der Waals surface area contributed by atoms with Gasteiger partial charge in [0, 0.05) is 20.2 Å². The summed E-state index contributed by atoms with van der Waals surface area (Å²) in [4.78, 5) is 13.4. The van der Waals surface area contributed by atoms with Gasteiger partial charge in [0.2, 0.25) is 0 Å². The highest BCUT2D eigenvalue weighted by Gasteiger charge is 2.23. The number of carbonyl (C=O) groups is 1. The molecule has 1 aliphatic rings. The quantitative estimate of drug-likeness (QED) is 0.656. The average molecular weight is 201 g/mol. The molecule has 4 heteroatoms. The second-order valence-electron chi connectivity index (χ2n) is 3.92. The van der Waals surface area contributed by atoms with Gasteiger partial charge in [-0.15, -0.1) is 0 Å². The Hall–Kier alpha value is -0.450. The van der Waals surface area contributed by atoms with E-state index in [1.54, 1.807) is 7.11 Å². The number of morpholine rings is 1. The van der Waals surface area contributed by atoms with Crippen LogP contribution in [0.25, 0.3) is 0 Å². The van der Waals surface area contributed by atoms with Gasteiger partial charge in [-0.1, -0.05) is 0 Å². The molecular formula is C10H19NO3. The van der Waals surface area contributed by atoms with Crippen LogP contribution < -0.4 is 0 Å². The fourth-order valence-electron chi connectivity index (χ4n) is 1.87. The van der Waals surface area contributed by atoms with Crippen molar-refractivity contribution >= 4 is 5.78 Å². The third-order valence-electron chi connectivity index (χ3n) is 2.20. The van der Waals surface area contributed by atoms with Crippen molar-refractivity contribution in [2.75, 3.05) is 33.4 Å². The van der Waals surface area contributed by atoms with Gasteiger partial charge >= 0.3 is 0 Å². The van der Waals surface area contributed by atoms with Crippen LogP contribution in [-0.2, 0) is 14.3 Å². The normalized spacial score (nSPS) is 29.1. The van der Waals surface area contributed by atoms with Crippen molar-refractivity contribution in [2.45, 2.75) is 26.1 Å². The lowest BCUT2D eigenvalue weighted by Gasteiger charge is -2.34. The second kappa shape index (κ2) is 5.44. The Balaban J connectivity index is 2.33.